The minimum absolute atomic E-state index is 0.150. The van der Waals surface area contributed by atoms with Gasteiger partial charge in [-0.1, -0.05) is 38.2 Å². The highest BCUT2D eigenvalue weighted by Gasteiger charge is 2.72. The highest BCUT2D eigenvalue weighted by Crippen LogP contribution is 2.54. The van der Waals surface area contributed by atoms with Crippen molar-refractivity contribution in [2.45, 2.75) is 58.4 Å². The predicted molar refractivity (Wildman–Crippen MR) is 182 cm³/mol. The van der Waals surface area contributed by atoms with Gasteiger partial charge in [0.2, 0.25) is 11.8 Å². The SMILES string of the molecule is CCOc1ccc(N2CC=C[C@H]3O[C@]45C=CCN(c6ccc(N(CC)CC)cc6)C(=O)C4N([C@@H](CO)C(C)C)C(=O)[C@@H]5[C@H]3C2=O)cc1. The Hall–Kier alpha value is -4.15. The van der Waals surface area contributed by atoms with Crippen molar-refractivity contribution >= 4 is 34.8 Å². The highest BCUT2D eigenvalue weighted by atomic mass is 16.5. The van der Waals surface area contributed by atoms with Crippen molar-refractivity contribution in [1.82, 2.24) is 4.90 Å². The summed E-state index contributed by atoms with van der Waals surface area (Å²) in [4.78, 5) is 51.2. The van der Waals surface area contributed by atoms with Crippen molar-refractivity contribution in [3.05, 3.63) is 72.8 Å². The van der Waals surface area contributed by atoms with Crippen LogP contribution in [0.1, 0.15) is 34.6 Å². The number of anilines is 3. The second-order valence-corrected chi connectivity index (χ2v) is 12.9. The van der Waals surface area contributed by atoms with Crippen LogP contribution in [0.15, 0.2) is 72.8 Å². The van der Waals surface area contributed by atoms with E-state index in [4.69, 9.17) is 9.47 Å². The van der Waals surface area contributed by atoms with Gasteiger partial charge in [-0.3, -0.25) is 14.4 Å². The lowest BCUT2D eigenvalue weighted by molar-refractivity contribution is -0.145. The van der Waals surface area contributed by atoms with Gasteiger partial charge >= 0.3 is 0 Å². The zero-order valence-corrected chi connectivity index (χ0v) is 27.9. The number of hydrogen-bond acceptors (Lipinski definition) is 7. The summed E-state index contributed by atoms with van der Waals surface area (Å²) >= 11 is 0. The molecule has 6 rings (SSSR count). The number of benzene rings is 2. The molecule has 2 aromatic carbocycles. The number of likely N-dealkylation sites (tertiary alicyclic amines) is 1. The zero-order chi connectivity index (χ0) is 33.5. The molecule has 250 valence electrons. The summed E-state index contributed by atoms with van der Waals surface area (Å²) in [5.41, 5.74) is 1.07. The zero-order valence-electron chi connectivity index (χ0n) is 27.9. The van der Waals surface area contributed by atoms with Gasteiger partial charge in [-0.15, -0.1) is 0 Å². The summed E-state index contributed by atoms with van der Waals surface area (Å²) in [6.07, 6.45) is 6.78. The monoisotopic (exact) mass is 642 g/mol. The molecular formula is C37H46N4O6. The van der Waals surface area contributed by atoms with Gasteiger partial charge in [0.15, 0.2) is 0 Å². The molecule has 1 N–H and O–H groups in total. The molecule has 0 radical (unpaired) electrons. The number of aliphatic hydroxyl groups is 1. The van der Waals surface area contributed by atoms with E-state index < -0.39 is 35.6 Å². The Bertz CT molecular complexity index is 1530. The van der Waals surface area contributed by atoms with E-state index in [1.165, 1.54) is 4.90 Å². The van der Waals surface area contributed by atoms with Crippen molar-refractivity contribution in [2.24, 2.45) is 17.8 Å². The summed E-state index contributed by atoms with van der Waals surface area (Å²) in [7, 11) is 0. The molecule has 3 amide bonds. The van der Waals surface area contributed by atoms with Crippen LogP contribution in [0, 0.1) is 17.8 Å². The van der Waals surface area contributed by atoms with E-state index in [9.17, 15) is 19.5 Å². The second kappa shape index (κ2) is 13.2. The first-order chi connectivity index (χ1) is 22.7. The molecule has 0 bridgehead atoms. The number of carbonyl (C=O) groups excluding carboxylic acids is 3. The number of aliphatic hydroxyl groups excluding tert-OH is 1. The third-order valence-corrected chi connectivity index (χ3v) is 10.2. The largest absolute Gasteiger partial charge is 0.494 e. The quantitative estimate of drug-likeness (QED) is 0.391. The number of rotatable bonds is 10. The standard InChI is InChI=1S/C37H46N4O6/c1-6-38(7-2)25-12-14-26(15-13-25)40-22-10-20-37-32(35(44)41(33(37)36(40)45)29(23-42)24(4)5)31-30(47-37)11-9-21-39(34(31)43)27-16-18-28(19-17-27)46-8-3/h9-20,24,29-33,42H,6-8,21-23H2,1-5H3/t29-,30+,31-,32-,33?,37-/m0/s1. The normalized spacial score (nSPS) is 27.5. The maximum absolute atomic E-state index is 14.8. The van der Waals surface area contributed by atoms with E-state index in [1.54, 1.807) is 9.80 Å². The Kier molecular flexibility index (Phi) is 9.18. The number of fused-ring (bicyclic) bond motifs is 2. The van der Waals surface area contributed by atoms with E-state index in [0.717, 1.165) is 18.8 Å². The molecule has 2 fully saturated rings. The van der Waals surface area contributed by atoms with Crippen LogP contribution in [0.25, 0.3) is 0 Å². The molecule has 4 aliphatic heterocycles. The molecule has 10 nitrogen and oxygen atoms in total. The molecule has 47 heavy (non-hydrogen) atoms. The maximum atomic E-state index is 14.8. The fraction of sp³-hybridized carbons (Fsp3) is 0.486. The number of carbonyl (C=O) groups is 3. The average Bonchev–Trinajstić information content (AvgIpc) is 3.38. The van der Waals surface area contributed by atoms with Crippen molar-refractivity contribution in [2.75, 3.05) is 54.1 Å². The van der Waals surface area contributed by atoms with Crippen molar-refractivity contribution < 1.29 is 29.0 Å². The Morgan fingerprint density at radius 1 is 0.894 bits per heavy atom. The van der Waals surface area contributed by atoms with Gasteiger partial charge in [0, 0.05) is 43.2 Å². The minimum Gasteiger partial charge on any atom is -0.494 e. The smallest absolute Gasteiger partial charge is 0.253 e. The first-order valence-corrected chi connectivity index (χ1v) is 16.9. The van der Waals surface area contributed by atoms with E-state index in [1.807, 2.05) is 93.6 Å². The van der Waals surface area contributed by atoms with Crippen molar-refractivity contribution in [1.29, 1.82) is 0 Å². The van der Waals surface area contributed by atoms with Gasteiger partial charge in [-0.05, 0) is 75.2 Å². The Morgan fingerprint density at radius 3 is 2.11 bits per heavy atom. The first-order valence-electron chi connectivity index (χ1n) is 16.9. The summed E-state index contributed by atoms with van der Waals surface area (Å²) in [5.74, 6) is -2.13. The molecule has 4 heterocycles. The maximum Gasteiger partial charge on any atom is 0.253 e. The number of amides is 3. The molecular weight excluding hydrogens is 596 g/mol. The van der Waals surface area contributed by atoms with Gasteiger partial charge in [-0.2, -0.15) is 0 Å². The third-order valence-electron chi connectivity index (χ3n) is 10.2. The van der Waals surface area contributed by atoms with Gasteiger partial charge in [0.05, 0.1) is 37.2 Å². The summed E-state index contributed by atoms with van der Waals surface area (Å²) in [5, 5.41) is 10.6. The summed E-state index contributed by atoms with van der Waals surface area (Å²) in [6, 6.07) is 13.5. The second-order valence-electron chi connectivity index (χ2n) is 12.9. The number of ether oxygens (including phenoxy) is 2. The van der Waals surface area contributed by atoms with Crippen LogP contribution in [0.4, 0.5) is 17.1 Å². The van der Waals surface area contributed by atoms with Crippen LogP contribution in [0.2, 0.25) is 0 Å². The van der Waals surface area contributed by atoms with Crippen LogP contribution in [-0.2, 0) is 19.1 Å². The van der Waals surface area contributed by atoms with Crippen molar-refractivity contribution in [3.8, 4) is 5.75 Å². The van der Waals surface area contributed by atoms with E-state index in [0.29, 0.717) is 30.3 Å². The number of nitrogens with zero attached hydrogens (tertiary/aromatic N) is 4. The Balaban J connectivity index is 1.40. The molecule has 6 atom stereocenters. The molecule has 4 aliphatic rings. The van der Waals surface area contributed by atoms with E-state index in [2.05, 4.69) is 18.7 Å². The molecule has 0 saturated carbocycles. The van der Waals surface area contributed by atoms with Gasteiger partial charge in [-0.25, -0.2) is 0 Å². The lowest BCUT2D eigenvalue weighted by Crippen LogP contribution is -2.59. The summed E-state index contributed by atoms with van der Waals surface area (Å²) in [6.45, 7) is 12.5. The Labute approximate surface area is 277 Å². The summed E-state index contributed by atoms with van der Waals surface area (Å²) < 4.78 is 12.4. The predicted octanol–water partition coefficient (Wildman–Crippen LogP) is 4.04. The Morgan fingerprint density at radius 2 is 1.51 bits per heavy atom. The van der Waals surface area contributed by atoms with Crippen LogP contribution < -0.4 is 19.4 Å². The minimum atomic E-state index is -1.39. The van der Waals surface area contributed by atoms with Gasteiger partial charge in [0.1, 0.15) is 17.4 Å². The lowest BCUT2D eigenvalue weighted by Gasteiger charge is -2.39. The number of hydrogen-bond donors (Lipinski definition) is 1. The van der Waals surface area contributed by atoms with Crippen LogP contribution in [0.3, 0.4) is 0 Å². The van der Waals surface area contributed by atoms with Crippen LogP contribution in [-0.4, -0.2) is 90.9 Å². The van der Waals surface area contributed by atoms with E-state index in [-0.39, 0.29) is 36.8 Å². The van der Waals surface area contributed by atoms with Crippen LogP contribution >= 0.6 is 0 Å². The van der Waals surface area contributed by atoms with E-state index >= 15 is 0 Å². The van der Waals surface area contributed by atoms with Gasteiger partial charge in [0.25, 0.3) is 5.91 Å². The molecule has 10 heteroatoms. The van der Waals surface area contributed by atoms with Crippen molar-refractivity contribution in [3.63, 3.8) is 0 Å². The third kappa shape index (κ3) is 5.41. The molecule has 2 aromatic rings. The topological polar surface area (TPSA) is 103 Å². The molecule has 0 aromatic heterocycles. The fourth-order valence-corrected chi connectivity index (χ4v) is 7.84. The highest BCUT2D eigenvalue weighted by molar-refractivity contribution is 6.07. The van der Waals surface area contributed by atoms with Crippen LogP contribution in [0.5, 0.6) is 5.75 Å². The van der Waals surface area contributed by atoms with Gasteiger partial charge < -0.3 is 34.2 Å². The fourth-order valence-electron chi connectivity index (χ4n) is 7.84. The molecule has 2 saturated heterocycles. The lowest BCUT2D eigenvalue weighted by atomic mass is 9.77. The molecule has 1 unspecified atom stereocenters. The average molecular weight is 643 g/mol. The molecule has 1 spiro atoms. The first kappa shape index (κ1) is 32.8. The molecule has 0 aliphatic carbocycles.